The lowest BCUT2D eigenvalue weighted by Crippen LogP contribution is -2.61. The Morgan fingerprint density at radius 1 is 0.618 bits per heavy atom. The molecule has 0 saturated carbocycles. The number of allylic oxidation sites excluding steroid dienone is 7. The number of hydrogen-bond acceptors (Lipinski definition) is 11. The highest BCUT2D eigenvalue weighted by molar-refractivity contribution is 7.80. The summed E-state index contributed by atoms with van der Waals surface area (Å²) >= 11 is 0. The van der Waals surface area contributed by atoms with E-state index in [4.69, 9.17) is 9.47 Å². The number of unbranched alkanes of at least 4 members (excludes halogenated alkanes) is 27. The molecule has 1 fully saturated rings. The predicted molar refractivity (Wildman–Crippen MR) is 274 cm³/mol. The highest BCUT2D eigenvalue weighted by atomic mass is 32.3. The standard InChI is InChI=1S/C54H99NO12S/c1-3-5-7-9-11-13-15-17-19-21-23-25-27-29-31-33-35-37-39-41-43-48(58)53(61)55-46(45-65-54-51(60)52(67-68(62,63)64)50(59)49(44-56)66-54)47(57)42-40-38-36-34-32-30-28-26-24-22-20-18-16-14-12-10-8-6-4-2/h5,7,11,13,32,34,40,42,46-52,54,56-60H,3-4,6,8-10,12,14-31,33,35-39,41,43-45H2,1-2H3,(H,55,61)(H,62,63,64)/b7-5-,13-11-,34-32+,42-40+. The molecule has 0 aliphatic carbocycles. The first-order chi connectivity index (χ1) is 32.9. The SMILES string of the molecule is CC/C=C\C/C=C\CCCCCCCCCCCCCCCC(O)C(=O)NC(COC1OC(CO)C(O)C(OS(=O)(=O)O)C1O)C(O)/C=C/CC/C=C/CCCCCCCCCCCCCCC. The fourth-order valence-corrected chi connectivity index (χ4v) is 8.97. The topological polar surface area (TPSA) is 212 Å². The largest absolute Gasteiger partial charge is 0.397 e. The summed E-state index contributed by atoms with van der Waals surface area (Å²) in [4.78, 5) is 13.2. The Labute approximate surface area is 413 Å². The maximum Gasteiger partial charge on any atom is 0.397 e. The lowest BCUT2D eigenvalue weighted by molar-refractivity contribution is -0.298. The zero-order valence-electron chi connectivity index (χ0n) is 42.5. The molecule has 0 aromatic carbocycles. The second kappa shape index (κ2) is 43.8. The number of aliphatic hydroxyl groups excluding tert-OH is 5. The average Bonchev–Trinajstić information content (AvgIpc) is 3.31. The average molecular weight is 986 g/mol. The highest BCUT2D eigenvalue weighted by Gasteiger charge is 2.48. The van der Waals surface area contributed by atoms with Crippen LogP contribution in [-0.4, -0.2) is 107 Å². The first kappa shape index (κ1) is 64.0. The Morgan fingerprint density at radius 3 is 1.57 bits per heavy atom. The van der Waals surface area contributed by atoms with Gasteiger partial charge in [0.2, 0.25) is 5.91 Å². The van der Waals surface area contributed by atoms with Crippen LogP contribution in [-0.2, 0) is 28.9 Å². The van der Waals surface area contributed by atoms with Crippen molar-refractivity contribution < 1.29 is 57.0 Å². The first-order valence-electron chi connectivity index (χ1n) is 27.1. The van der Waals surface area contributed by atoms with Crippen molar-refractivity contribution in [3.8, 4) is 0 Å². The molecule has 1 aliphatic rings. The van der Waals surface area contributed by atoms with E-state index in [1.165, 1.54) is 147 Å². The predicted octanol–water partition coefficient (Wildman–Crippen LogP) is 11.0. The van der Waals surface area contributed by atoms with Gasteiger partial charge in [0.25, 0.3) is 0 Å². The van der Waals surface area contributed by atoms with Gasteiger partial charge in [0.1, 0.15) is 30.5 Å². The third-order valence-corrected chi connectivity index (χ3v) is 13.2. The summed E-state index contributed by atoms with van der Waals surface area (Å²) in [5, 5.41) is 55.4. The summed E-state index contributed by atoms with van der Waals surface area (Å²) in [6.45, 7) is 3.13. The van der Waals surface area contributed by atoms with Crippen LogP contribution in [0, 0.1) is 0 Å². The van der Waals surface area contributed by atoms with Crippen molar-refractivity contribution in [2.24, 2.45) is 0 Å². The molecule has 1 heterocycles. The molecule has 8 unspecified atom stereocenters. The van der Waals surface area contributed by atoms with Crippen LogP contribution < -0.4 is 5.32 Å². The zero-order chi connectivity index (χ0) is 49.9. The van der Waals surface area contributed by atoms with Crippen LogP contribution in [0.15, 0.2) is 48.6 Å². The lowest BCUT2D eigenvalue weighted by Gasteiger charge is -2.41. The van der Waals surface area contributed by atoms with E-state index in [1.807, 2.05) is 0 Å². The van der Waals surface area contributed by atoms with Gasteiger partial charge < -0.3 is 40.3 Å². The number of aliphatic hydroxyl groups is 5. The van der Waals surface area contributed by atoms with Gasteiger partial charge in [-0.25, -0.2) is 4.18 Å². The minimum atomic E-state index is -5.13. The van der Waals surface area contributed by atoms with Crippen LogP contribution in [0.2, 0.25) is 0 Å². The quantitative estimate of drug-likeness (QED) is 0.0172. The van der Waals surface area contributed by atoms with Crippen molar-refractivity contribution >= 4 is 16.3 Å². The Kier molecular flexibility index (Phi) is 41.2. The summed E-state index contributed by atoms with van der Waals surface area (Å²) in [6.07, 6.45) is 43.3. The van der Waals surface area contributed by atoms with Crippen LogP contribution in [0.25, 0.3) is 0 Å². The molecule has 0 aromatic heterocycles. The smallest absolute Gasteiger partial charge is 0.394 e. The van der Waals surface area contributed by atoms with Crippen molar-refractivity contribution in [3.05, 3.63) is 48.6 Å². The highest BCUT2D eigenvalue weighted by Crippen LogP contribution is 2.26. The van der Waals surface area contributed by atoms with Gasteiger partial charge in [-0.2, -0.15) is 8.42 Å². The van der Waals surface area contributed by atoms with E-state index in [0.29, 0.717) is 12.8 Å². The van der Waals surface area contributed by atoms with E-state index in [9.17, 15) is 43.3 Å². The second-order valence-corrected chi connectivity index (χ2v) is 20.0. The summed E-state index contributed by atoms with van der Waals surface area (Å²) in [6, 6.07) is -1.14. The van der Waals surface area contributed by atoms with Gasteiger partial charge in [-0.15, -0.1) is 0 Å². The monoisotopic (exact) mass is 986 g/mol. The zero-order valence-corrected chi connectivity index (χ0v) is 43.3. The molecular weight excluding hydrogens is 887 g/mol. The molecule has 13 nitrogen and oxygen atoms in total. The second-order valence-electron chi connectivity index (χ2n) is 18.9. The molecule has 1 amide bonds. The molecule has 398 valence electrons. The van der Waals surface area contributed by atoms with Crippen LogP contribution in [0.5, 0.6) is 0 Å². The summed E-state index contributed by atoms with van der Waals surface area (Å²) in [5.41, 5.74) is 0. The van der Waals surface area contributed by atoms with E-state index in [2.05, 4.69) is 59.8 Å². The van der Waals surface area contributed by atoms with Gasteiger partial charge in [0.05, 0.1) is 25.4 Å². The number of ether oxygens (including phenoxy) is 2. The maximum atomic E-state index is 13.2. The molecule has 0 bridgehead atoms. The van der Waals surface area contributed by atoms with Gasteiger partial charge in [-0.1, -0.05) is 217 Å². The van der Waals surface area contributed by atoms with E-state index >= 15 is 0 Å². The van der Waals surface area contributed by atoms with Gasteiger partial charge in [0, 0.05) is 0 Å². The molecule has 0 aromatic rings. The number of rotatable bonds is 46. The van der Waals surface area contributed by atoms with Crippen LogP contribution >= 0.6 is 0 Å². The molecule has 0 radical (unpaired) electrons. The van der Waals surface area contributed by atoms with Crippen molar-refractivity contribution in [1.82, 2.24) is 5.32 Å². The van der Waals surface area contributed by atoms with E-state index in [-0.39, 0.29) is 6.42 Å². The Hall–Kier alpha value is -1.98. The number of carbonyl (C=O) groups is 1. The Balaban J connectivity index is 2.50. The third kappa shape index (κ3) is 35.2. The van der Waals surface area contributed by atoms with Gasteiger partial charge in [-0.05, 0) is 57.8 Å². The molecule has 7 N–H and O–H groups in total. The number of carbonyl (C=O) groups excluding carboxylic acids is 1. The van der Waals surface area contributed by atoms with E-state index < -0.39 is 78.5 Å². The lowest BCUT2D eigenvalue weighted by atomic mass is 9.99. The van der Waals surface area contributed by atoms with Crippen LogP contribution in [0.1, 0.15) is 226 Å². The molecule has 8 atom stereocenters. The van der Waals surface area contributed by atoms with E-state index in [0.717, 1.165) is 51.4 Å². The molecule has 1 aliphatic heterocycles. The molecule has 0 spiro atoms. The first-order valence-corrected chi connectivity index (χ1v) is 28.5. The van der Waals surface area contributed by atoms with Crippen molar-refractivity contribution in [3.63, 3.8) is 0 Å². The van der Waals surface area contributed by atoms with Crippen molar-refractivity contribution in [2.45, 2.75) is 275 Å². The number of hydrogen-bond donors (Lipinski definition) is 7. The van der Waals surface area contributed by atoms with Crippen molar-refractivity contribution in [2.75, 3.05) is 13.2 Å². The minimum Gasteiger partial charge on any atom is -0.394 e. The summed E-state index contributed by atoms with van der Waals surface area (Å²) in [5.74, 6) is -0.712. The fraction of sp³-hybridized carbons (Fsp3) is 0.833. The molecule has 1 rings (SSSR count). The fourth-order valence-electron chi connectivity index (χ4n) is 8.46. The molecule has 14 heteroatoms. The van der Waals surface area contributed by atoms with Crippen LogP contribution in [0.4, 0.5) is 0 Å². The number of amides is 1. The summed E-state index contributed by atoms with van der Waals surface area (Å²) < 4.78 is 47.7. The summed E-state index contributed by atoms with van der Waals surface area (Å²) in [7, 11) is -5.13. The normalized spacial score (nSPS) is 20.6. The minimum absolute atomic E-state index is 0.235. The third-order valence-electron chi connectivity index (χ3n) is 12.7. The van der Waals surface area contributed by atoms with Gasteiger partial charge >= 0.3 is 10.4 Å². The van der Waals surface area contributed by atoms with Gasteiger partial charge in [0.15, 0.2) is 6.29 Å². The Morgan fingerprint density at radius 2 is 1.07 bits per heavy atom. The Bertz CT molecular complexity index is 1410. The van der Waals surface area contributed by atoms with Crippen LogP contribution in [0.3, 0.4) is 0 Å². The molecule has 68 heavy (non-hydrogen) atoms. The van der Waals surface area contributed by atoms with Crippen molar-refractivity contribution in [1.29, 1.82) is 0 Å². The molecular formula is C54H99NO12S. The van der Waals surface area contributed by atoms with E-state index in [1.54, 1.807) is 6.08 Å². The van der Waals surface area contributed by atoms with Gasteiger partial charge in [-0.3, -0.25) is 9.35 Å². The maximum absolute atomic E-state index is 13.2. The number of nitrogens with one attached hydrogen (secondary N) is 1. The molecule has 1 saturated heterocycles.